The number of fused-ring (bicyclic) bond motifs is 5. The highest BCUT2D eigenvalue weighted by atomic mass is 32.1. The molecule has 10 rings (SSSR count). The summed E-state index contributed by atoms with van der Waals surface area (Å²) >= 11 is 3.48. The lowest BCUT2D eigenvalue weighted by atomic mass is 10.00. The highest BCUT2D eigenvalue weighted by Crippen LogP contribution is 2.46. The Bertz CT molecular complexity index is 2860. The summed E-state index contributed by atoms with van der Waals surface area (Å²) in [6, 6.07) is 55.0. The largest absolute Gasteiger partial charge is 0.236 e. The number of thiazole rings is 1. The van der Waals surface area contributed by atoms with Crippen LogP contribution in [0.25, 0.3) is 97.0 Å². The average molecular weight is 675 g/mol. The minimum Gasteiger partial charge on any atom is -0.236 e. The zero-order valence-corrected chi connectivity index (χ0v) is 28.2. The molecule has 0 aliphatic heterocycles. The molecule has 7 aromatic carbocycles. The molecule has 0 radical (unpaired) electrons. The molecule has 0 amide bonds. The minimum absolute atomic E-state index is 0.636. The van der Waals surface area contributed by atoms with E-state index in [1.54, 1.807) is 22.7 Å². The summed E-state index contributed by atoms with van der Waals surface area (Å²) in [5.41, 5.74) is 7.25. The van der Waals surface area contributed by atoms with Crippen molar-refractivity contribution in [2.45, 2.75) is 0 Å². The molecule has 3 heterocycles. The molecule has 0 fully saturated rings. The fraction of sp³-hybridized carbons (Fsp3) is 0. The summed E-state index contributed by atoms with van der Waals surface area (Å²) in [6.07, 6.45) is 0. The van der Waals surface area contributed by atoms with Crippen molar-refractivity contribution < 1.29 is 0 Å². The number of thiophene rings is 1. The van der Waals surface area contributed by atoms with Crippen molar-refractivity contribution in [2.24, 2.45) is 0 Å². The van der Waals surface area contributed by atoms with E-state index in [-0.39, 0.29) is 0 Å². The Morgan fingerprint density at radius 2 is 0.980 bits per heavy atom. The van der Waals surface area contributed by atoms with E-state index in [2.05, 4.69) is 133 Å². The predicted octanol–water partition coefficient (Wildman–Crippen LogP) is 12.3. The van der Waals surface area contributed by atoms with Crippen LogP contribution in [0.4, 0.5) is 0 Å². The quantitative estimate of drug-likeness (QED) is 0.182. The van der Waals surface area contributed by atoms with E-state index >= 15 is 0 Å². The number of benzene rings is 7. The molecular formula is C44H26N4S2. The highest BCUT2D eigenvalue weighted by Gasteiger charge is 2.22. The first-order chi connectivity index (χ1) is 24.7. The monoisotopic (exact) mass is 674 g/mol. The van der Waals surface area contributed by atoms with E-state index in [9.17, 15) is 0 Å². The maximum absolute atomic E-state index is 5.27. The first kappa shape index (κ1) is 28.9. The smallest absolute Gasteiger partial charge is 0.166 e. The van der Waals surface area contributed by atoms with Crippen molar-refractivity contribution in [3.8, 4) is 55.9 Å². The summed E-state index contributed by atoms with van der Waals surface area (Å²) in [6.45, 7) is 0. The molecule has 3 aromatic heterocycles. The molecule has 234 valence electrons. The van der Waals surface area contributed by atoms with Crippen LogP contribution >= 0.6 is 22.7 Å². The van der Waals surface area contributed by atoms with Crippen molar-refractivity contribution in [3.63, 3.8) is 0 Å². The first-order valence-corrected chi connectivity index (χ1v) is 18.1. The van der Waals surface area contributed by atoms with E-state index in [0.29, 0.717) is 17.5 Å². The van der Waals surface area contributed by atoms with Gasteiger partial charge in [-0.3, -0.25) is 0 Å². The van der Waals surface area contributed by atoms with Crippen LogP contribution in [0.15, 0.2) is 158 Å². The van der Waals surface area contributed by atoms with Gasteiger partial charge in [-0.05, 0) is 40.1 Å². The summed E-state index contributed by atoms with van der Waals surface area (Å²) in [5, 5.41) is 5.79. The van der Waals surface area contributed by atoms with Gasteiger partial charge >= 0.3 is 0 Å². The Morgan fingerprint density at radius 1 is 0.380 bits per heavy atom. The number of aromatic nitrogens is 4. The fourth-order valence-corrected chi connectivity index (χ4v) is 8.95. The van der Waals surface area contributed by atoms with Gasteiger partial charge in [0.15, 0.2) is 17.5 Å². The molecule has 10 aromatic rings. The molecule has 0 saturated heterocycles. The van der Waals surface area contributed by atoms with E-state index < -0.39 is 0 Å². The molecule has 0 aliphatic carbocycles. The Balaban J connectivity index is 1.20. The molecule has 0 bridgehead atoms. The van der Waals surface area contributed by atoms with E-state index in [0.717, 1.165) is 48.4 Å². The molecular weight excluding hydrogens is 649 g/mol. The molecule has 0 unspecified atom stereocenters. The predicted molar refractivity (Wildman–Crippen MR) is 211 cm³/mol. The number of hydrogen-bond acceptors (Lipinski definition) is 6. The van der Waals surface area contributed by atoms with E-state index in [4.69, 9.17) is 19.9 Å². The van der Waals surface area contributed by atoms with Gasteiger partial charge in [0.1, 0.15) is 5.01 Å². The summed E-state index contributed by atoms with van der Waals surface area (Å²) in [5.74, 6) is 1.92. The highest BCUT2D eigenvalue weighted by molar-refractivity contribution is 7.26. The van der Waals surface area contributed by atoms with Crippen LogP contribution in [0.3, 0.4) is 0 Å². The molecule has 0 N–H and O–H groups in total. The lowest BCUT2D eigenvalue weighted by molar-refractivity contribution is 1.08. The summed E-state index contributed by atoms with van der Waals surface area (Å²) in [7, 11) is 0. The zero-order valence-electron chi connectivity index (χ0n) is 26.6. The lowest BCUT2D eigenvalue weighted by Crippen LogP contribution is -2.00. The van der Waals surface area contributed by atoms with Crippen LogP contribution < -0.4 is 0 Å². The Labute approximate surface area is 296 Å². The maximum atomic E-state index is 5.27. The Hall–Kier alpha value is -6.08. The van der Waals surface area contributed by atoms with Gasteiger partial charge in [-0.25, -0.2) is 19.9 Å². The number of rotatable bonds is 5. The third kappa shape index (κ3) is 4.96. The SMILES string of the molecule is c1ccc(-c2nc(-c3ccc(-c4ccc5ccccc5c4)cc3)nc(-c3c4sc(-c5ccccc5)nc4cc4sc5ccccc5c34)n2)cc1. The molecule has 0 aliphatic rings. The zero-order chi connectivity index (χ0) is 33.0. The van der Waals surface area contributed by atoms with Gasteiger partial charge in [-0.2, -0.15) is 0 Å². The van der Waals surface area contributed by atoms with Gasteiger partial charge in [-0.1, -0.05) is 140 Å². The normalized spacial score (nSPS) is 11.6. The second-order valence-corrected chi connectivity index (χ2v) is 14.4. The minimum atomic E-state index is 0.636. The molecule has 0 saturated carbocycles. The molecule has 0 atom stereocenters. The topological polar surface area (TPSA) is 51.6 Å². The second-order valence-electron chi connectivity index (χ2n) is 12.3. The molecule has 50 heavy (non-hydrogen) atoms. The Morgan fingerprint density at radius 3 is 1.76 bits per heavy atom. The van der Waals surface area contributed by atoms with E-state index in [1.165, 1.54) is 31.1 Å². The fourth-order valence-electron chi connectivity index (χ4n) is 6.70. The first-order valence-electron chi connectivity index (χ1n) is 16.5. The van der Waals surface area contributed by atoms with Crippen LogP contribution in [0.5, 0.6) is 0 Å². The van der Waals surface area contributed by atoms with Crippen molar-refractivity contribution in [2.75, 3.05) is 0 Å². The standard InChI is InChI=1S/C44H26N4S2/c1-3-12-29(13-4-1)41-46-42(30-22-19-28(20-23-30)33-24-21-27-11-7-8-16-32(27)25-33)48-43(47-41)39-38-34-17-9-10-18-36(34)49-37(38)26-35-40(39)50-44(45-35)31-14-5-2-6-15-31/h1-26H. The molecule has 6 heteroatoms. The summed E-state index contributed by atoms with van der Waals surface area (Å²) < 4.78 is 3.47. The maximum Gasteiger partial charge on any atom is 0.166 e. The van der Waals surface area contributed by atoms with Crippen molar-refractivity contribution in [1.29, 1.82) is 0 Å². The van der Waals surface area contributed by atoms with Gasteiger partial charge in [-0.15, -0.1) is 22.7 Å². The van der Waals surface area contributed by atoms with Gasteiger partial charge in [0.25, 0.3) is 0 Å². The third-order valence-electron chi connectivity index (χ3n) is 9.16. The number of nitrogens with zero attached hydrogens (tertiary/aromatic N) is 4. The Kier molecular flexibility index (Phi) is 6.82. The van der Waals surface area contributed by atoms with Crippen molar-refractivity contribution in [3.05, 3.63) is 158 Å². The van der Waals surface area contributed by atoms with Crippen LogP contribution in [-0.2, 0) is 0 Å². The van der Waals surface area contributed by atoms with Crippen LogP contribution in [0, 0.1) is 0 Å². The van der Waals surface area contributed by atoms with Crippen molar-refractivity contribution in [1.82, 2.24) is 19.9 Å². The molecule has 0 spiro atoms. The second kappa shape index (κ2) is 11.8. The van der Waals surface area contributed by atoms with Crippen LogP contribution in [-0.4, -0.2) is 19.9 Å². The lowest BCUT2D eigenvalue weighted by Gasteiger charge is -2.11. The average Bonchev–Trinajstić information content (AvgIpc) is 3.79. The van der Waals surface area contributed by atoms with E-state index in [1.807, 2.05) is 24.3 Å². The van der Waals surface area contributed by atoms with Crippen molar-refractivity contribution >= 4 is 63.8 Å². The molecule has 4 nitrogen and oxygen atoms in total. The number of hydrogen-bond donors (Lipinski definition) is 0. The van der Waals surface area contributed by atoms with Crippen LogP contribution in [0.2, 0.25) is 0 Å². The summed E-state index contributed by atoms with van der Waals surface area (Å²) in [4.78, 5) is 20.7. The van der Waals surface area contributed by atoms with Gasteiger partial charge < -0.3 is 0 Å². The van der Waals surface area contributed by atoms with Gasteiger partial charge in [0, 0.05) is 42.4 Å². The van der Waals surface area contributed by atoms with Gasteiger partial charge in [0.05, 0.1) is 10.2 Å². The van der Waals surface area contributed by atoms with Gasteiger partial charge in [0.2, 0.25) is 0 Å². The third-order valence-corrected chi connectivity index (χ3v) is 11.4. The van der Waals surface area contributed by atoms with Crippen LogP contribution in [0.1, 0.15) is 0 Å².